The lowest BCUT2D eigenvalue weighted by molar-refractivity contribution is -0.154. The lowest BCUT2D eigenvalue weighted by atomic mass is 10.1. The van der Waals surface area contributed by atoms with Crippen LogP contribution in [0, 0.1) is 5.92 Å². The minimum Gasteiger partial charge on any atom is -0.481 e. The van der Waals surface area contributed by atoms with E-state index < -0.39 is 12.8 Å². The van der Waals surface area contributed by atoms with Crippen LogP contribution in [0.1, 0.15) is 34.5 Å². The van der Waals surface area contributed by atoms with Gasteiger partial charge >= 0.3 is 6.18 Å². The van der Waals surface area contributed by atoms with E-state index in [2.05, 4.69) is 14.7 Å². The number of ketones is 1. The number of aromatic nitrogens is 2. The van der Waals surface area contributed by atoms with Crippen molar-refractivity contribution in [3.05, 3.63) is 47.3 Å². The Kier molecular flexibility index (Phi) is 6.77. The summed E-state index contributed by atoms with van der Waals surface area (Å²) in [6.45, 7) is -1.36. The first kappa shape index (κ1) is 22.5. The molecule has 0 spiro atoms. The van der Waals surface area contributed by atoms with E-state index in [-0.39, 0.29) is 42.3 Å². The summed E-state index contributed by atoms with van der Waals surface area (Å²) in [5.74, 6) is -0.223. The quantitative estimate of drug-likeness (QED) is 0.599. The third-order valence-electron chi connectivity index (χ3n) is 4.70. The number of halogens is 3. The molecule has 2 aromatic rings. The second kappa shape index (κ2) is 9.32. The minimum absolute atomic E-state index is 0.0600. The molecule has 31 heavy (non-hydrogen) atoms. The highest BCUT2D eigenvalue weighted by molar-refractivity contribution is 5.94. The summed E-state index contributed by atoms with van der Waals surface area (Å²) in [4.78, 5) is 34.3. The fourth-order valence-electron chi connectivity index (χ4n) is 2.97. The Balaban J connectivity index is 1.66. The average molecular weight is 437 g/mol. The summed E-state index contributed by atoms with van der Waals surface area (Å²) >= 11 is 0. The highest BCUT2D eigenvalue weighted by Gasteiger charge is 2.30. The number of rotatable bonds is 9. The summed E-state index contributed by atoms with van der Waals surface area (Å²) in [5, 5.41) is 0. The van der Waals surface area contributed by atoms with Gasteiger partial charge in [0.2, 0.25) is 11.8 Å². The zero-order chi connectivity index (χ0) is 22.6. The van der Waals surface area contributed by atoms with E-state index in [1.165, 1.54) is 30.3 Å². The van der Waals surface area contributed by atoms with Crippen molar-refractivity contribution in [2.45, 2.75) is 32.0 Å². The van der Waals surface area contributed by atoms with Crippen LogP contribution >= 0.6 is 0 Å². The van der Waals surface area contributed by atoms with Crippen LogP contribution in [-0.4, -0.2) is 53.5 Å². The second-order valence-corrected chi connectivity index (χ2v) is 7.34. The Bertz CT molecular complexity index is 961. The SMILES string of the molecule is COc1nc(OCC(F)(F)F)ccc1CN(C)C(=O)c1ccnc(CC(=O)C2CC2)c1. The molecule has 1 aliphatic rings. The van der Waals surface area contributed by atoms with Crippen LogP contribution in [0.3, 0.4) is 0 Å². The Morgan fingerprint density at radius 1 is 1.23 bits per heavy atom. The van der Waals surface area contributed by atoms with Crippen molar-refractivity contribution in [1.29, 1.82) is 0 Å². The first-order valence-electron chi connectivity index (χ1n) is 9.63. The number of amides is 1. The number of Topliss-reactive ketones (excluding diaryl/α,β-unsaturated/α-hetero) is 1. The third-order valence-corrected chi connectivity index (χ3v) is 4.70. The second-order valence-electron chi connectivity index (χ2n) is 7.34. The molecule has 1 saturated carbocycles. The van der Waals surface area contributed by atoms with E-state index in [0.717, 1.165) is 12.8 Å². The van der Waals surface area contributed by atoms with Gasteiger partial charge in [0.25, 0.3) is 5.91 Å². The molecular formula is C21H22F3N3O4. The average Bonchev–Trinajstić information content (AvgIpc) is 3.57. The summed E-state index contributed by atoms with van der Waals surface area (Å²) in [6.07, 6.45) is -0.961. The molecule has 0 bridgehead atoms. The van der Waals surface area contributed by atoms with E-state index in [4.69, 9.17) is 4.74 Å². The molecule has 1 aliphatic carbocycles. The zero-order valence-corrected chi connectivity index (χ0v) is 17.1. The predicted molar refractivity (Wildman–Crippen MR) is 104 cm³/mol. The number of carbonyl (C=O) groups excluding carboxylic acids is 2. The largest absolute Gasteiger partial charge is 0.481 e. The molecule has 2 heterocycles. The van der Waals surface area contributed by atoms with E-state index in [9.17, 15) is 22.8 Å². The van der Waals surface area contributed by atoms with Gasteiger partial charge < -0.3 is 14.4 Å². The highest BCUT2D eigenvalue weighted by atomic mass is 19.4. The molecule has 0 aromatic carbocycles. The normalized spacial score (nSPS) is 13.6. The van der Waals surface area contributed by atoms with E-state index >= 15 is 0 Å². The molecule has 2 aromatic heterocycles. The van der Waals surface area contributed by atoms with Gasteiger partial charge in [0.05, 0.1) is 13.7 Å². The van der Waals surface area contributed by atoms with Crippen LogP contribution in [0.25, 0.3) is 0 Å². The van der Waals surface area contributed by atoms with Gasteiger partial charge in [-0.05, 0) is 31.0 Å². The van der Waals surface area contributed by atoms with Crippen molar-refractivity contribution in [3.63, 3.8) is 0 Å². The Morgan fingerprint density at radius 2 is 1.97 bits per heavy atom. The number of hydrogen-bond acceptors (Lipinski definition) is 6. The van der Waals surface area contributed by atoms with Gasteiger partial charge in [0.15, 0.2) is 6.61 Å². The van der Waals surface area contributed by atoms with Crippen LogP contribution in [0.5, 0.6) is 11.8 Å². The van der Waals surface area contributed by atoms with Gasteiger partial charge in [-0.25, -0.2) is 0 Å². The fraction of sp³-hybridized carbons (Fsp3) is 0.429. The fourth-order valence-corrected chi connectivity index (χ4v) is 2.97. The van der Waals surface area contributed by atoms with Crippen LogP contribution < -0.4 is 9.47 Å². The summed E-state index contributed by atoms with van der Waals surface area (Å²) in [7, 11) is 2.90. The Morgan fingerprint density at radius 3 is 2.61 bits per heavy atom. The van der Waals surface area contributed by atoms with Crippen molar-refractivity contribution < 1.29 is 32.2 Å². The minimum atomic E-state index is -4.48. The van der Waals surface area contributed by atoms with Gasteiger partial charge in [-0.2, -0.15) is 18.2 Å². The standard InChI is InChI=1S/C21H22F3N3O4/c1-27(11-15-5-6-18(26-19(15)30-2)31-12-21(22,23)24)20(29)14-7-8-25-16(9-14)10-17(28)13-3-4-13/h5-9,13H,3-4,10-12H2,1-2H3. The first-order chi connectivity index (χ1) is 14.7. The molecule has 10 heteroatoms. The van der Waals surface area contributed by atoms with E-state index in [1.54, 1.807) is 19.2 Å². The van der Waals surface area contributed by atoms with Crippen LogP contribution in [0.15, 0.2) is 30.5 Å². The highest BCUT2D eigenvalue weighted by Crippen LogP contribution is 2.31. The molecular weight excluding hydrogens is 415 g/mol. The maximum absolute atomic E-state index is 12.8. The summed E-state index contributed by atoms with van der Waals surface area (Å²) < 4.78 is 46.7. The number of ether oxygens (including phenoxy) is 2. The lowest BCUT2D eigenvalue weighted by Gasteiger charge is -2.19. The molecule has 0 aliphatic heterocycles. The number of hydrogen-bond donors (Lipinski definition) is 0. The number of carbonyl (C=O) groups is 2. The van der Waals surface area contributed by atoms with Gasteiger partial charge in [0.1, 0.15) is 5.78 Å². The molecule has 0 N–H and O–H groups in total. The van der Waals surface area contributed by atoms with E-state index in [1.807, 2.05) is 0 Å². The van der Waals surface area contributed by atoms with Crippen LogP contribution in [0.2, 0.25) is 0 Å². The molecule has 166 valence electrons. The molecule has 0 unspecified atom stereocenters. The number of pyridine rings is 2. The number of nitrogens with zero attached hydrogens (tertiary/aromatic N) is 3. The Labute approximate surface area is 177 Å². The molecule has 1 amide bonds. The van der Waals surface area contributed by atoms with Crippen molar-refractivity contribution in [1.82, 2.24) is 14.9 Å². The van der Waals surface area contributed by atoms with Gasteiger partial charge in [-0.3, -0.25) is 14.6 Å². The number of methoxy groups -OCH3 is 1. The van der Waals surface area contributed by atoms with Crippen LogP contribution in [-0.2, 0) is 17.8 Å². The molecule has 0 saturated heterocycles. The van der Waals surface area contributed by atoms with Gasteiger partial charge in [-0.1, -0.05) is 0 Å². The predicted octanol–water partition coefficient (Wildman–Crippen LogP) is 3.22. The molecule has 3 rings (SSSR count). The molecule has 0 radical (unpaired) electrons. The maximum Gasteiger partial charge on any atom is 0.422 e. The van der Waals surface area contributed by atoms with Crippen LogP contribution in [0.4, 0.5) is 13.2 Å². The van der Waals surface area contributed by atoms with Crippen molar-refractivity contribution in [2.75, 3.05) is 20.8 Å². The molecule has 0 atom stereocenters. The zero-order valence-electron chi connectivity index (χ0n) is 17.1. The third kappa shape index (κ3) is 6.40. The maximum atomic E-state index is 12.8. The smallest absolute Gasteiger partial charge is 0.422 e. The van der Waals surface area contributed by atoms with Gasteiger partial charge in [0, 0.05) is 48.5 Å². The topological polar surface area (TPSA) is 81.6 Å². The van der Waals surface area contributed by atoms with Crippen molar-refractivity contribution >= 4 is 11.7 Å². The monoisotopic (exact) mass is 437 g/mol. The van der Waals surface area contributed by atoms with Gasteiger partial charge in [-0.15, -0.1) is 0 Å². The molecule has 7 nitrogen and oxygen atoms in total. The van der Waals surface area contributed by atoms with E-state index in [0.29, 0.717) is 16.8 Å². The Hall–Kier alpha value is -3.17. The molecule has 1 fully saturated rings. The lowest BCUT2D eigenvalue weighted by Crippen LogP contribution is -2.27. The summed E-state index contributed by atoms with van der Waals surface area (Å²) in [6, 6.07) is 5.94. The summed E-state index contributed by atoms with van der Waals surface area (Å²) in [5.41, 5.74) is 1.42. The number of alkyl halides is 3. The van der Waals surface area contributed by atoms with Crippen molar-refractivity contribution in [3.8, 4) is 11.8 Å². The van der Waals surface area contributed by atoms with Crippen molar-refractivity contribution in [2.24, 2.45) is 5.92 Å². The first-order valence-corrected chi connectivity index (χ1v) is 9.63.